The van der Waals surface area contributed by atoms with Gasteiger partial charge in [-0.2, -0.15) is 4.99 Å². The summed E-state index contributed by atoms with van der Waals surface area (Å²) in [6.07, 6.45) is 2.77. The number of benzene rings is 2. The highest BCUT2D eigenvalue weighted by Crippen LogP contribution is 2.34. The second kappa shape index (κ2) is 7.52. The first-order chi connectivity index (χ1) is 12.6. The summed E-state index contributed by atoms with van der Waals surface area (Å²) in [4.78, 5) is 6.80. The molecule has 1 aliphatic heterocycles. The van der Waals surface area contributed by atoms with E-state index < -0.39 is 0 Å². The molecule has 2 aromatic carbocycles. The molecule has 5 nitrogen and oxygen atoms in total. The standard InChI is InChI=1S/C21H24N2O3/c1-5-21(2)14-15-26-20(22-16-6-10-18(24-3)11-7-16)23(21)17-8-12-19(25-4)13-9-17/h5-13H,1,14-15H2,2-4H3. The molecule has 0 amide bonds. The maximum absolute atomic E-state index is 5.92. The van der Waals surface area contributed by atoms with Gasteiger partial charge in [0, 0.05) is 12.1 Å². The summed E-state index contributed by atoms with van der Waals surface area (Å²) in [6.45, 7) is 6.76. The number of methoxy groups -OCH3 is 2. The molecule has 26 heavy (non-hydrogen) atoms. The van der Waals surface area contributed by atoms with Gasteiger partial charge in [0.05, 0.1) is 32.1 Å². The van der Waals surface area contributed by atoms with Crippen LogP contribution in [0.1, 0.15) is 13.3 Å². The zero-order valence-electron chi connectivity index (χ0n) is 15.4. The molecule has 0 aromatic heterocycles. The summed E-state index contributed by atoms with van der Waals surface area (Å²) >= 11 is 0. The second-order valence-electron chi connectivity index (χ2n) is 6.29. The maximum Gasteiger partial charge on any atom is 0.297 e. The van der Waals surface area contributed by atoms with Gasteiger partial charge in [-0.3, -0.25) is 4.90 Å². The van der Waals surface area contributed by atoms with E-state index >= 15 is 0 Å². The van der Waals surface area contributed by atoms with Crippen LogP contribution in [0.4, 0.5) is 11.4 Å². The van der Waals surface area contributed by atoms with E-state index in [-0.39, 0.29) is 5.54 Å². The lowest BCUT2D eigenvalue weighted by Crippen LogP contribution is -2.54. The first-order valence-corrected chi connectivity index (χ1v) is 8.53. The van der Waals surface area contributed by atoms with Crippen molar-refractivity contribution in [1.82, 2.24) is 0 Å². The Labute approximate surface area is 154 Å². The predicted molar refractivity (Wildman–Crippen MR) is 105 cm³/mol. The molecule has 0 bridgehead atoms. The molecule has 1 fully saturated rings. The van der Waals surface area contributed by atoms with Crippen molar-refractivity contribution in [3.05, 3.63) is 61.2 Å². The lowest BCUT2D eigenvalue weighted by Gasteiger charge is -2.44. The van der Waals surface area contributed by atoms with E-state index in [9.17, 15) is 0 Å². The number of nitrogens with zero attached hydrogens (tertiary/aromatic N) is 2. The molecule has 0 saturated carbocycles. The molecular formula is C21H24N2O3. The third-order valence-corrected chi connectivity index (χ3v) is 4.61. The quantitative estimate of drug-likeness (QED) is 0.740. The van der Waals surface area contributed by atoms with E-state index in [0.717, 1.165) is 29.3 Å². The van der Waals surface area contributed by atoms with Crippen LogP contribution in [0.15, 0.2) is 66.2 Å². The van der Waals surface area contributed by atoms with E-state index in [0.29, 0.717) is 12.6 Å². The summed E-state index contributed by atoms with van der Waals surface area (Å²) in [5.41, 5.74) is 1.48. The second-order valence-corrected chi connectivity index (χ2v) is 6.29. The Hall–Kier alpha value is -2.95. The third kappa shape index (κ3) is 3.52. The van der Waals surface area contributed by atoms with Crippen LogP contribution in [0.5, 0.6) is 11.5 Å². The molecule has 1 heterocycles. The molecular weight excluding hydrogens is 328 g/mol. The molecule has 2 aromatic rings. The van der Waals surface area contributed by atoms with Crippen LogP contribution in [-0.4, -0.2) is 32.4 Å². The number of hydrogen-bond acceptors (Lipinski definition) is 4. The SMILES string of the molecule is C=CC1(C)CCOC(=Nc2ccc(OC)cc2)N1c1ccc(OC)cc1. The van der Waals surface area contributed by atoms with Crippen molar-refractivity contribution in [3.63, 3.8) is 0 Å². The number of anilines is 1. The Morgan fingerprint density at radius 1 is 1.04 bits per heavy atom. The van der Waals surface area contributed by atoms with Gasteiger partial charge >= 0.3 is 0 Å². The average molecular weight is 352 g/mol. The van der Waals surface area contributed by atoms with Gasteiger partial charge in [0.15, 0.2) is 0 Å². The Morgan fingerprint density at radius 3 is 2.15 bits per heavy atom. The predicted octanol–water partition coefficient (Wildman–Crippen LogP) is 4.56. The Morgan fingerprint density at radius 2 is 1.62 bits per heavy atom. The highest BCUT2D eigenvalue weighted by molar-refractivity contribution is 5.96. The van der Waals surface area contributed by atoms with Crippen LogP contribution in [0, 0.1) is 0 Å². The first-order valence-electron chi connectivity index (χ1n) is 8.53. The van der Waals surface area contributed by atoms with Crippen molar-refractivity contribution in [2.45, 2.75) is 18.9 Å². The summed E-state index contributed by atoms with van der Waals surface area (Å²) in [7, 11) is 3.30. The van der Waals surface area contributed by atoms with Crippen molar-refractivity contribution in [2.75, 3.05) is 25.7 Å². The normalized spacial score (nSPS) is 21.2. The summed E-state index contributed by atoms with van der Waals surface area (Å²) in [6, 6.07) is 16.0. The topological polar surface area (TPSA) is 43.3 Å². The highest BCUT2D eigenvalue weighted by Gasteiger charge is 2.37. The smallest absolute Gasteiger partial charge is 0.297 e. The summed E-state index contributed by atoms with van der Waals surface area (Å²) < 4.78 is 16.4. The van der Waals surface area contributed by atoms with Gasteiger partial charge in [0.25, 0.3) is 6.02 Å². The monoisotopic (exact) mass is 352 g/mol. The number of amidine groups is 1. The molecule has 0 aliphatic carbocycles. The van der Waals surface area contributed by atoms with Crippen LogP contribution in [-0.2, 0) is 4.74 Å². The fourth-order valence-corrected chi connectivity index (χ4v) is 2.92. The molecule has 5 heteroatoms. The Kier molecular flexibility index (Phi) is 5.16. The summed E-state index contributed by atoms with van der Waals surface area (Å²) in [5, 5.41) is 0. The molecule has 136 valence electrons. The van der Waals surface area contributed by atoms with E-state index in [1.54, 1.807) is 14.2 Å². The minimum atomic E-state index is -0.294. The van der Waals surface area contributed by atoms with Gasteiger partial charge in [-0.15, -0.1) is 6.58 Å². The maximum atomic E-state index is 5.92. The van der Waals surface area contributed by atoms with Gasteiger partial charge in [-0.25, -0.2) is 0 Å². The Bertz CT molecular complexity index is 784. The minimum Gasteiger partial charge on any atom is -0.497 e. The lowest BCUT2D eigenvalue weighted by atomic mass is 9.94. The van der Waals surface area contributed by atoms with Gasteiger partial charge in [0.2, 0.25) is 0 Å². The van der Waals surface area contributed by atoms with Crippen LogP contribution < -0.4 is 14.4 Å². The zero-order chi connectivity index (χ0) is 18.6. The number of aliphatic imine (C=N–C) groups is 1. The molecule has 1 unspecified atom stereocenters. The van der Waals surface area contributed by atoms with Gasteiger partial charge in [0.1, 0.15) is 11.5 Å². The van der Waals surface area contributed by atoms with Crippen molar-refractivity contribution < 1.29 is 14.2 Å². The van der Waals surface area contributed by atoms with E-state index in [2.05, 4.69) is 18.4 Å². The molecule has 1 saturated heterocycles. The fraction of sp³-hybridized carbons (Fsp3) is 0.286. The fourth-order valence-electron chi connectivity index (χ4n) is 2.92. The molecule has 1 aliphatic rings. The average Bonchev–Trinajstić information content (AvgIpc) is 2.69. The molecule has 0 N–H and O–H groups in total. The largest absolute Gasteiger partial charge is 0.497 e. The molecule has 0 radical (unpaired) electrons. The van der Waals surface area contributed by atoms with Crippen molar-refractivity contribution >= 4 is 17.4 Å². The Balaban J connectivity index is 2.01. The van der Waals surface area contributed by atoms with Crippen molar-refractivity contribution in [3.8, 4) is 11.5 Å². The van der Waals surface area contributed by atoms with Crippen molar-refractivity contribution in [2.24, 2.45) is 4.99 Å². The highest BCUT2D eigenvalue weighted by atomic mass is 16.5. The zero-order valence-corrected chi connectivity index (χ0v) is 15.4. The van der Waals surface area contributed by atoms with Crippen LogP contribution in [0.2, 0.25) is 0 Å². The number of rotatable bonds is 5. The molecule has 1 atom stereocenters. The van der Waals surface area contributed by atoms with E-state index in [4.69, 9.17) is 19.2 Å². The van der Waals surface area contributed by atoms with E-state index in [1.807, 2.05) is 54.6 Å². The van der Waals surface area contributed by atoms with Gasteiger partial charge < -0.3 is 14.2 Å². The van der Waals surface area contributed by atoms with Gasteiger partial charge in [-0.05, 0) is 55.5 Å². The molecule has 3 rings (SSSR count). The minimum absolute atomic E-state index is 0.294. The number of hydrogen-bond donors (Lipinski definition) is 0. The summed E-state index contributed by atoms with van der Waals surface area (Å²) in [5.74, 6) is 1.60. The first kappa shape index (κ1) is 17.9. The van der Waals surface area contributed by atoms with Crippen molar-refractivity contribution in [1.29, 1.82) is 0 Å². The van der Waals surface area contributed by atoms with Gasteiger partial charge in [-0.1, -0.05) is 6.08 Å². The van der Waals surface area contributed by atoms with Crippen LogP contribution >= 0.6 is 0 Å². The van der Waals surface area contributed by atoms with Crippen LogP contribution in [0.25, 0.3) is 0 Å². The number of ether oxygens (including phenoxy) is 3. The molecule has 0 spiro atoms. The van der Waals surface area contributed by atoms with Crippen LogP contribution in [0.3, 0.4) is 0 Å². The third-order valence-electron chi connectivity index (χ3n) is 4.61. The van der Waals surface area contributed by atoms with E-state index in [1.165, 1.54) is 0 Å². The lowest BCUT2D eigenvalue weighted by molar-refractivity contribution is 0.226.